The normalized spacial score (nSPS) is 19.4. The summed E-state index contributed by atoms with van der Waals surface area (Å²) in [5.41, 5.74) is 0.775. The second kappa shape index (κ2) is 5.27. The zero-order valence-corrected chi connectivity index (χ0v) is 9.43. The lowest BCUT2D eigenvalue weighted by Crippen LogP contribution is -2.22. The molecule has 2 heterocycles. The maximum atomic E-state index is 10.3. The summed E-state index contributed by atoms with van der Waals surface area (Å²) in [5, 5.41) is 10.3. The fraction of sp³-hybridized carbons (Fsp3) is 0.583. The Morgan fingerprint density at radius 3 is 2.94 bits per heavy atom. The molecule has 4 nitrogen and oxygen atoms in total. The van der Waals surface area contributed by atoms with Crippen molar-refractivity contribution in [2.75, 3.05) is 20.3 Å². The average Bonchev–Trinajstić information content (AvgIpc) is 2.39. The molecule has 0 bridgehead atoms. The molecule has 0 radical (unpaired) electrons. The van der Waals surface area contributed by atoms with Gasteiger partial charge in [0.05, 0.1) is 13.2 Å². The third-order valence-electron chi connectivity index (χ3n) is 3.03. The van der Waals surface area contributed by atoms with E-state index < -0.39 is 6.10 Å². The maximum absolute atomic E-state index is 10.3. The molecule has 0 saturated carbocycles. The van der Waals surface area contributed by atoms with Crippen LogP contribution in [0.2, 0.25) is 0 Å². The Labute approximate surface area is 95.2 Å². The SMILES string of the molecule is COc1ncccc1C(O)C1CCOCC1. The smallest absolute Gasteiger partial charge is 0.218 e. The highest BCUT2D eigenvalue weighted by Gasteiger charge is 2.25. The van der Waals surface area contributed by atoms with Crippen molar-refractivity contribution in [1.82, 2.24) is 4.98 Å². The van der Waals surface area contributed by atoms with Crippen LogP contribution in [0.25, 0.3) is 0 Å². The molecule has 88 valence electrons. The predicted octanol–water partition coefficient (Wildman–Crippen LogP) is 1.55. The van der Waals surface area contributed by atoms with Crippen molar-refractivity contribution in [2.45, 2.75) is 18.9 Å². The number of methoxy groups -OCH3 is 1. The Balaban J connectivity index is 2.15. The van der Waals surface area contributed by atoms with Crippen LogP contribution >= 0.6 is 0 Å². The number of rotatable bonds is 3. The number of hydrogen-bond acceptors (Lipinski definition) is 4. The fourth-order valence-electron chi connectivity index (χ4n) is 2.08. The number of nitrogens with zero attached hydrogens (tertiary/aromatic N) is 1. The van der Waals surface area contributed by atoms with Crippen LogP contribution in [0.5, 0.6) is 5.88 Å². The van der Waals surface area contributed by atoms with E-state index in [9.17, 15) is 5.11 Å². The minimum absolute atomic E-state index is 0.242. The number of ether oxygens (including phenoxy) is 2. The molecule has 2 rings (SSSR count). The minimum Gasteiger partial charge on any atom is -0.481 e. The van der Waals surface area contributed by atoms with Gasteiger partial charge in [-0.2, -0.15) is 0 Å². The summed E-state index contributed by atoms with van der Waals surface area (Å²) < 4.78 is 10.4. The first kappa shape index (κ1) is 11.4. The minimum atomic E-state index is -0.507. The van der Waals surface area contributed by atoms with E-state index >= 15 is 0 Å². The van der Waals surface area contributed by atoms with Crippen LogP contribution in [0.3, 0.4) is 0 Å². The molecule has 1 atom stereocenters. The van der Waals surface area contributed by atoms with Crippen molar-refractivity contribution >= 4 is 0 Å². The molecule has 1 N–H and O–H groups in total. The van der Waals surface area contributed by atoms with Gasteiger partial charge in [-0.15, -0.1) is 0 Å². The van der Waals surface area contributed by atoms with E-state index in [-0.39, 0.29) is 5.92 Å². The molecule has 1 fully saturated rings. The number of aromatic nitrogens is 1. The van der Waals surface area contributed by atoms with Gasteiger partial charge >= 0.3 is 0 Å². The van der Waals surface area contributed by atoms with Crippen molar-refractivity contribution in [2.24, 2.45) is 5.92 Å². The van der Waals surface area contributed by atoms with Crippen molar-refractivity contribution in [1.29, 1.82) is 0 Å². The van der Waals surface area contributed by atoms with E-state index in [1.54, 1.807) is 13.3 Å². The molecule has 1 unspecified atom stereocenters. The van der Waals surface area contributed by atoms with E-state index in [1.165, 1.54) is 0 Å². The summed E-state index contributed by atoms with van der Waals surface area (Å²) in [7, 11) is 1.57. The van der Waals surface area contributed by atoms with Gasteiger partial charge in [0.2, 0.25) is 5.88 Å². The second-order valence-corrected chi connectivity index (χ2v) is 4.00. The molecule has 1 aliphatic heterocycles. The molecule has 1 aromatic rings. The van der Waals surface area contributed by atoms with Gasteiger partial charge in [-0.1, -0.05) is 0 Å². The predicted molar refractivity (Wildman–Crippen MR) is 59.3 cm³/mol. The van der Waals surface area contributed by atoms with Crippen LogP contribution < -0.4 is 4.74 Å². The van der Waals surface area contributed by atoms with E-state index in [1.807, 2.05) is 12.1 Å². The van der Waals surface area contributed by atoms with Gasteiger partial charge < -0.3 is 14.6 Å². The standard InChI is InChI=1S/C12H17NO3/c1-15-12-10(3-2-6-13-12)11(14)9-4-7-16-8-5-9/h2-3,6,9,11,14H,4-5,7-8H2,1H3. The van der Waals surface area contributed by atoms with Crippen LogP contribution in [-0.4, -0.2) is 30.4 Å². The van der Waals surface area contributed by atoms with Crippen LogP contribution in [0.15, 0.2) is 18.3 Å². The molecule has 0 amide bonds. The third-order valence-corrected chi connectivity index (χ3v) is 3.03. The first-order chi connectivity index (χ1) is 7.83. The lowest BCUT2D eigenvalue weighted by atomic mass is 9.90. The summed E-state index contributed by atoms with van der Waals surface area (Å²) in [6.07, 6.45) is 2.94. The highest BCUT2D eigenvalue weighted by Crippen LogP contribution is 2.33. The molecule has 16 heavy (non-hydrogen) atoms. The van der Waals surface area contributed by atoms with Crippen LogP contribution in [0.4, 0.5) is 0 Å². The quantitative estimate of drug-likeness (QED) is 0.844. The number of hydrogen-bond donors (Lipinski definition) is 1. The zero-order chi connectivity index (χ0) is 11.4. The Hall–Kier alpha value is -1.13. The molecule has 0 spiro atoms. The van der Waals surface area contributed by atoms with Crippen molar-refractivity contribution in [3.8, 4) is 5.88 Å². The first-order valence-electron chi connectivity index (χ1n) is 5.57. The highest BCUT2D eigenvalue weighted by molar-refractivity contribution is 5.28. The lowest BCUT2D eigenvalue weighted by Gasteiger charge is -2.27. The molecular formula is C12H17NO3. The number of aliphatic hydroxyl groups excluding tert-OH is 1. The summed E-state index contributed by atoms with van der Waals surface area (Å²) in [6.45, 7) is 1.45. The van der Waals surface area contributed by atoms with Gasteiger partial charge in [-0.05, 0) is 30.9 Å². The van der Waals surface area contributed by atoms with Gasteiger partial charge in [0.1, 0.15) is 0 Å². The Bertz CT molecular complexity index is 337. The van der Waals surface area contributed by atoms with Crippen molar-refractivity contribution in [3.05, 3.63) is 23.9 Å². The lowest BCUT2D eigenvalue weighted by molar-refractivity contribution is 0.00615. The molecular weight excluding hydrogens is 206 g/mol. The summed E-state index contributed by atoms with van der Waals surface area (Å²) in [5.74, 6) is 0.758. The largest absolute Gasteiger partial charge is 0.481 e. The molecule has 4 heteroatoms. The highest BCUT2D eigenvalue weighted by atomic mass is 16.5. The van der Waals surface area contributed by atoms with Crippen molar-refractivity contribution in [3.63, 3.8) is 0 Å². The third kappa shape index (κ3) is 2.33. The van der Waals surface area contributed by atoms with E-state index in [0.717, 1.165) is 31.6 Å². The van der Waals surface area contributed by atoms with Crippen LogP contribution in [0, 0.1) is 5.92 Å². The topological polar surface area (TPSA) is 51.6 Å². The second-order valence-electron chi connectivity index (χ2n) is 4.00. The Morgan fingerprint density at radius 2 is 2.25 bits per heavy atom. The molecule has 0 aliphatic carbocycles. The van der Waals surface area contributed by atoms with Gasteiger partial charge in [0.25, 0.3) is 0 Å². The summed E-state index contributed by atoms with van der Waals surface area (Å²) >= 11 is 0. The first-order valence-corrected chi connectivity index (χ1v) is 5.57. The summed E-state index contributed by atoms with van der Waals surface area (Å²) in [6, 6.07) is 3.69. The number of aliphatic hydroxyl groups is 1. The summed E-state index contributed by atoms with van der Waals surface area (Å²) in [4.78, 5) is 4.10. The molecule has 1 aromatic heterocycles. The van der Waals surface area contributed by atoms with Crippen molar-refractivity contribution < 1.29 is 14.6 Å². The fourth-order valence-corrected chi connectivity index (χ4v) is 2.08. The van der Waals surface area contributed by atoms with Gasteiger partial charge in [0, 0.05) is 25.0 Å². The zero-order valence-electron chi connectivity index (χ0n) is 9.43. The van der Waals surface area contributed by atoms with E-state index in [0.29, 0.717) is 5.88 Å². The maximum Gasteiger partial charge on any atom is 0.218 e. The van der Waals surface area contributed by atoms with Crippen LogP contribution in [-0.2, 0) is 4.74 Å². The van der Waals surface area contributed by atoms with Gasteiger partial charge in [-0.25, -0.2) is 4.98 Å². The Morgan fingerprint density at radius 1 is 1.50 bits per heavy atom. The molecule has 1 saturated heterocycles. The van der Waals surface area contributed by atoms with Gasteiger partial charge in [-0.3, -0.25) is 0 Å². The van der Waals surface area contributed by atoms with Gasteiger partial charge in [0.15, 0.2) is 0 Å². The molecule has 0 aromatic carbocycles. The monoisotopic (exact) mass is 223 g/mol. The molecule has 1 aliphatic rings. The van der Waals surface area contributed by atoms with E-state index in [2.05, 4.69) is 4.98 Å². The average molecular weight is 223 g/mol. The Kier molecular flexibility index (Phi) is 3.74. The van der Waals surface area contributed by atoms with E-state index in [4.69, 9.17) is 9.47 Å². The van der Waals surface area contributed by atoms with Crippen LogP contribution in [0.1, 0.15) is 24.5 Å². The number of pyridine rings is 1.